The van der Waals surface area contributed by atoms with E-state index < -0.39 is 0 Å². The minimum absolute atomic E-state index is 0.0119. The monoisotopic (exact) mass is 282 g/mol. The van der Waals surface area contributed by atoms with Crippen molar-refractivity contribution in [2.45, 2.75) is 38.9 Å². The molecule has 2 heterocycles. The highest BCUT2D eigenvalue weighted by molar-refractivity contribution is 7.12. The van der Waals surface area contributed by atoms with Crippen LogP contribution in [-0.2, 0) is 9.53 Å². The SMILES string of the molecule is CCCC(COC)N1C(=O)CNC1c1ccc(C)s1. The summed E-state index contributed by atoms with van der Waals surface area (Å²) in [5, 5.41) is 3.31. The molecule has 1 N–H and O–H groups in total. The fourth-order valence-electron chi connectivity index (χ4n) is 2.60. The first kappa shape index (κ1) is 14.5. The Labute approximate surface area is 118 Å². The molecule has 1 fully saturated rings. The maximum atomic E-state index is 12.2. The normalized spacial score (nSPS) is 21.1. The number of aryl methyl sites for hydroxylation is 1. The summed E-state index contributed by atoms with van der Waals surface area (Å²) in [7, 11) is 1.70. The highest BCUT2D eigenvalue weighted by Crippen LogP contribution is 2.31. The maximum absolute atomic E-state index is 12.2. The van der Waals surface area contributed by atoms with Crippen LogP contribution in [0, 0.1) is 6.92 Å². The summed E-state index contributed by atoms with van der Waals surface area (Å²) in [4.78, 5) is 16.6. The fraction of sp³-hybridized carbons (Fsp3) is 0.643. The van der Waals surface area contributed by atoms with Crippen molar-refractivity contribution in [1.82, 2.24) is 10.2 Å². The van der Waals surface area contributed by atoms with Gasteiger partial charge in [0.05, 0.1) is 19.2 Å². The van der Waals surface area contributed by atoms with Gasteiger partial charge in [0.2, 0.25) is 5.91 Å². The van der Waals surface area contributed by atoms with E-state index in [1.54, 1.807) is 18.4 Å². The van der Waals surface area contributed by atoms with Crippen LogP contribution < -0.4 is 5.32 Å². The Hall–Kier alpha value is -0.910. The zero-order valence-electron chi connectivity index (χ0n) is 11.8. The molecule has 0 bridgehead atoms. The summed E-state index contributed by atoms with van der Waals surface area (Å²) in [6.45, 7) is 5.25. The van der Waals surface area contributed by atoms with Crippen molar-refractivity contribution in [3.05, 3.63) is 21.9 Å². The molecule has 1 aliphatic heterocycles. The number of thiophene rings is 1. The third kappa shape index (κ3) is 3.16. The lowest BCUT2D eigenvalue weighted by molar-refractivity contribution is -0.131. The van der Waals surface area contributed by atoms with Gasteiger partial charge in [-0.15, -0.1) is 11.3 Å². The van der Waals surface area contributed by atoms with Crippen molar-refractivity contribution in [2.75, 3.05) is 20.3 Å². The largest absolute Gasteiger partial charge is 0.383 e. The Kier molecular flexibility index (Phi) is 4.96. The molecule has 1 saturated heterocycles. The Morgan fingerprint density at radius 2 is 2.37 bits per heavy atom. The van der Waals surface area contributed by atoms with Gasteiger partial charge in [0, 0.05) is 16.9 Å². The smallest absolute Gasteiger partial charge is 0.238 e. The first-order valence-corrected chi connectivity index (χ1v) is 7.58. The quantitative estimate of drug-likeness (QED) is 0.870. The molecule has 0 aromatic carbocycles. The number of nitrogens with zero attached hydrogens (tertiary/aromatic N) is 1. The van der Waals surface area contributed by atoms with Gasteiger partial charge in [-0.05, 0) is 25.5 Å². The Balaban J connectivity index is 2.20. The lowest BCUT2D eigenvalue weighted by Crippen LogP contribution is -2.42. The number of carbonyl (C=O) groups is 1. The van der Waals surface area contributed by atoms with Gasteiger partial charge in [-0.2, -0.15) is 0 Å². The number of carbonyl (C=O) groups excluding carboxylic acids is 1. The summed E-state index contributed by atoms with van der Waals surface area (Å²) in [5.41, 5.74) is 0. The van der Waals surface area contributed by atoms with Crippen molar-refractivity contribution in [3.8, 4) is 0 Å². The molecule has 4 nitrogen and oxygen atoms in total. The molecule has 0 spiro atoms. The molecule has 0 radical (unpaired) electrons. The number of methoxy groups -OCH3 is 1. The van der Waals surface area contributed by atoms with Gasteiger partial charge in [0.1, 0.15) is 6.17 Å². The number of ether oxygens (including phenoxy) is 1. The molecule has 1 aromatic heterocycles. The summed E-state index contributed by atoms with van der Waals surface area (Å²) < 4.78 is 5.29. The van der Waals surface area contributed by atoms with Crippen molar-refractivity contribution in [3.63, 3.8) is 0 Å². The van der Waals surface area contributed by atoms with Gasteiger partial charge < -0.3 is 9.64 Å². The van der Waals surface area contributed by atoms with E-state index in [0.29, 0.717) is 13.2 Å². The summed E-state index contributed by atoms with van der Waals surface area (Å²) in [6.07, 6.45) is 2.04. The highest BCUT2D eigenvalue weighted by atomic mass is 32.1. The van der Waals surface area contributed by atoms with Crippen LogP contribution in [0.15, 0.2) is 12.1 Å². The van der Waals surface area contributed by atoms with Crippen molar-refractivity contribution in [2.24, 2.45) is 0 Å². The number of amides is 1. The van der Waals surface area contributed by atoms with Gasteiger partial charge >= 0.3 is 0 Å². The molecule has 1 amide bonds. The summed E-state index contributed by atoms with van der Waals surface area (Å²) in [6, 6.07) is 4.37. The molecular formula is C14H22N2O2S. The number of nitrogens with one attached hydrogen (secondary N) is 1. The average Bonchev–Trinajstić information content (AvgIpc) is 2.95. The fourth-order valence-corrected chi connectivity index (χ4v) is 3.55. The molecular weight excluding hydrogens is 260 g/mol. The van der Waals surface area contributed by atoms with Crippen LogP contribution in [0.25, 0.3) is 0 Å². The van der Waals surface area contributed by atoms with E-state index in [1.807, 2.05) is 4.90 Å². The highest BCUT2D eigenvalue weighted by Gasteiger charge is 2.36. The van der Waals surface area contributed by atoms with Gasteiger partial charge in [-0.25, -0.2) is 0 Å². The van der Waals surface area contributed by atoms with Crippen LogP contribution in [0.3, 0.4) is 0 Å². The Morgan fingerprint density at radius 1 is 1.58 bits per heavy atom. The molecule has 1 aromatic rings. The van der Waals surface area contributed by atoms with Crippen molar-refractivity contribution < 1.29 is 9.53 Å². The molecule has 19 heavy (non-hydrogen) atoms. The van der Waals surface area contributed by atoms with Gasteiger partial charge in [-0.1, -0.05) is 13.3 Å². The third-order valence-corrected chi connectivity index (χ3v) is 4.47. The molecule has 0 aliphatic carbocycles. The topological polar surface area (TPSA) is 41.6 Å². The lowest BCUT2D eigenvalue weighted by atomic mass is 10.1. The van der Waals surface area contributed by atoms with E-state index in [4.69, 9.17) is 4.74 Å². The molecule has 2 atom stereocenters. The zero-order chi connectivity index (χ0) is 13.8. The minimum Gasteiger partial charge on any atom is -0.383 e. The Bertz CT molecular complexity index is 427. The summed E-state index contributed by atoms with van der Waals surface area (Å²) in [5.74, 6) is 0.173. The molecule has 2 unspecified atom stereocenters. The number of rotatable bonds is 6. The second kappa shape index (κ2) is 6.50. The van der Waals surface area contributed by atoms with Crippen LogP contribution in [0.2, 0.25) is 0 Å². The first-order chi connectivity index (χ1) is 9.17. The lowest BCUT2D eigenvalue weighted by Gasteiger charge is -2.31. The van der Waals surface area contributed by atoms with Gasteiger partial charge in [-0.3, -0.25) is 10.1 Å². The average molecular weight is 282 g/mol. The number of hydrogen-bond donors (Lipinski definition) is 1. The predicted octanol–water partition coefficient (Wildman–Crippen LogP) is 2.30. The van der Waals surface area contributed by atoms with Crippen LogP contribution >= 0.6 is 11.3 Å². The third-order valence-electron chi connectivity index (χ3n) is 3.42. The van der Waals surface area contributed by atoms with Gasteiger partial charge in [0.15, 0.2) is 0 Å². The van der Waals surface area contributed by atoms with E-state index in [2.05, 4.69) is 31.3 Å². The van der Waals surface area contributed by atoms with E-state index in [-0.39, 0.29) is 18.1 Å². The zero-order valence-corrected chi connectivity index (χ0v) is 12.6. The van der Waals surface area contributed by atoms with Crippen molar-refractivity contribution in [1.29, 1.82) is 0 Å². The molecule has 1 aliphatic rings. The minimum atomic E-state index is 0.0119. The maximum Gasteiger partial charge on any atom is 0.238 e. The second-order valence-electron chi connectivity index (χ2n) is 4.93. The predicted molar refractivity (Wildman–Crippen MR) is 77.2 cm³/mol. The molecule has 106 valence electrons. The Morgan fingerprint density at radius 3 is 2.95 bits per heavy atom. The van der Waals surface area contributed by atoms with Gasteiger partial charge in [0.25, 0.3) is 0 Å². The van der Waals surface area contributed by atoms with Crippen LogP contribution in [-0.4, -0.2) is 37.1 Å². The first-order valence-electron chi connectivity index (χ1n) is 6.77. The van der Waals surface area contributed by atoms with Crippen LogP contribution in [0.5, 0.6) is 0 Å². The van der Waals surface area contributed by atoms with E-state index >= 15 is 0 Å². The standard InChI is InChI=1S/C14H22N2O2S/c1-4-5-11(9-18-3)16-13(17)8-15-14(16)12-7-6-10(2)19-12/h6-7,11,14-15H,4-5,8-9H2,1-3H3. The van der Waals surface area contributed by atoms with Crippen LogP contribution in [0.1, 0.15) is 35.7 Å². The molecule has 0 saturated carbocycles. The van der Waals surface area contributed by atoms with E-state index in [9.17, 15) is 4.79 Å². The van der Waals surface area contributed by atoms with Crippen LogP contribution in [0.4, 0.5) is 0 Å². The molecule has 2 rings (SSSR count). The van der Waals surface area contributed by atoms with E-state index in [0.717, 1.165) is 12.8 Å². The molecule has 5 heteroatoms. The van der Waals surface area contributed by atoms with Crippen molar-refractivity contribution >= 4 is 17.2 Å². The second-order valence-corrected chi connectivity index (χ2v) is 6.25. The number of hydrogen-bond acceptors (Lipinski definition) is 4. The summed E-state index contributed by atoms with van der Waals surface area (Å²) >= 11 is 1.75. The van der Waals surface area contributed by atoms with E-state index in [1.165, 1.54) is 9.75 Å².